The van der Waals surface area contributed by atoms with Crippen molar-refractivity contribution in [2.24, 2.45) is 0 Å². The van der Waals surface area contributed by atoms with Crippen LogP contribution in [0.1, 0.15) is 21.7 Å². The molecule has 0 atom stereocenters. The molecule has 0 aliphatic carbocycles. The molecule has 0 aliphatic rings. The summed E-state index contributed by atoms with van der Waals surface area (Å²) in [4.78, 5) is 21.4. The summed E-state index contributed by atoms with van der Waals surface area (Å²) in [5, 5.41) is 30.3. The number of hydrogen-bond acceptors (Lipinski definition) is 8. The second-order valence-corrected chi connectivity index (χ2v) is 6.01. The van der Waals surface area contributed by atoms with Gasteiger partial charge in [-0.05, 0) is 40.3 Å². The first kappa shape index (κ1) is 20.5. The van der Waals surface area contributed by atoms with Crippen molar-refractivity contribution in [1.29, 1.82) is 0 Å². The number of methoxy groups -OCH3 is 1. The van der Waals surface area contributed by atoms with Crippen LogP contribution in [-0.2, 0) is 6.54 Å². The lowest BCUT2D eigenvalue weighted by Crippen LogP contribution is -2.12. The van der Waals surface area contributed by atoms with E-state index in [0.717, 1.165) is 5.56 Å². The average molecular weight is 411 g/mol. The Labute approximate surface area is 170 Å². The van der Waals surface area contributed by atoms with Crippen LogP contribution in [0.5, 0.6) is 11.5 Å². The zero-order chi connectivity index (χ0) is 21.5. The molecular weight excluding hydrogens is 394 g/mol. The number of hydrogen-bond donors (Lipinski definition) is 1. The number of carboxylic acids is 1. The number of aromatic nitrogens is 4. The summed E-state index contributed by atoms with van der Waals surface area (Å²) in [6, 6.07) is 11.4. The van der Waals surface area contributed by atoms with Gasteiger partial charge in [-0.15, -0.1) is 5.10 Å². The molecule has 11 nitrogen and oxygen atoms in total. The quantitative estimate of drug-likeness (QED) is 0.415. The van der Waals surface area contributed by atoms with Gasteiger partial charge in [-0.1, -0.05) is 18.2 Å². The molecule has 154 valence electrons. The molecule has 11 heteroatoms. The van der Waals surface area contributed by atoms with Crippen molar-refractivity contribution in [2.45, 2.75) is 6.54 Å². The molecular formula is C19H17N5O6. The Morgan fingerprint density at radius 3 is 2.70 bits per heavy atom. The van der Waals surface area contributed by atoms with E-state index in [1.807, 2.05) is 0 Å². The van der Waals surface area contributed by atoms with E-state index in [0.29, 0.717) is 17.1 Å². The van der Waals surface area contributed by atoms with E-state index in [1.165, 1.54) is 23.9 Å². The number of nitrogens with zero attached hydrogens (tertiary/aromatic N) is 5. The van der Waals surface area contributed by atoms with Crippen molar-refractivity contribution >= 4 is 17.7 Å². The Morgan fingerprint density at radius 1 is 1.27 bits per heavy atom. The molecule has 0 saturated carbocycles. The van der Waals surface area contributed by atoms with Crippen LogP contribution in [0.4, 0.5) is 5.69 Å². The van der Waals surface area contributed by atoms with E-state index in [4.69, 9.17) is 14.6 Å². The van der Waals surface area contributed by atoms with Crippen molar-refractivity contribution in [1.82, 2.24) is 20.2 Å². The van der Waals surface area contributed by atoms with Gasteiger partial charge in [0, 0.05) is 11.6 Å². The van der Waals surface area contributed by atoms with Crippen molar-refractivity contribution < 1.29 is 24.3 Å². The molecule has 0 bridgehead atoms. The Balaban J connectivity index is 1.57. The number of carboxylic acid groups (broad SMARTS) is 1. The first-order chi connectivity index (χ1) is 14.5. The van der Waals surface area contributed by atoms with Gasteiger partial charge in [-0.3, -0.25) is 10.1 Å². The zero-order valence-corrected chi connectivity index (χ0v) is 15.8. The second kappa shape index (κ2) is 9.28. The van der Waals surface area contributed by atoms with Crippen LogP contribution in [0.15, 0.2) is 48.5 Å². The van der Waals surface area contributed by atoms with Gasteiger partial charge < -0.3 is 14.6 Å². The number of ether oxygens (including phenoxy) is 2. The highest BCUT2D eigenvalue weighted by molar-refractivity contribution is 5.83. The molecule has 2 aromatic carbocycles. The van der Waals surface area contributed by atoms with E-state index in [9.17, 15) is 14.9 Å². The summed E-state index contributed by atoms with van der Waals surface area (Å²) in [6.07, 6.45) is 3.51. The fraction of sp³-hybridized carbons (Fsp3) is 0.158. The van der Waals surface area contributed by atoms with Gasteiger partial charge in [-0.2, -0.15) is 0 Å². The molecule has 0 radical (unpaired) electrons. The van der Waals surface area contributed by atoms with E-state index < -0.39 is 10.9 Å². The highest BCUT2D eigenvalue weighted by atomic mass is 16.6. The minimum absolute atomic E-state index is 0.0440. The third-order valence-corrected chi connectivity index (χ3v) is 4.05. The van der Waals surface area contributed by atoms with Gasteiger partial charge >= 0.3 is 5.97 Å². The molecule has 30 heavy (non-hydrogen) atoms. The fourth-order valence-electron chi connectivity index (χ4n) is 2.60. The summed E-state index contributed by atoms with van der Waals surface area (Å²) in [7, 11) is 1.45. The Morgan fingerprint density at radius 2 is 2.03 bits per heavy atom. The lowest BCUT2D eigenvalue weighted by Gasteiger charge is -2.06. The van der Waals surface area contributed by atoms with Crippen LogP contribution in [0, 0.1) is 10.1 Å². The maximum Gasteiger partial charge on any atom is 0.375 e. The molecule has 1 aromatic heterocycles. The fourth-order valence-corrected chi connectivity index (χ4v) is 2.60. The highest BCUT2D eigenvalue weighted by Crippen LogP contribution is 2.25. The normalized spacial score (nSPS) is 10.8. The lowest BCUT2D eigenvalue weighted by molar-refractivity contribution is -0.384. The van der Waals surface area contributed by atoms with Crippen LogP contribution in [-0.4, -0.2) is 49.9 Å². The molecule has 1 N–H and O–H groups in total. The molecule has 0 saturated heterocycles. The van der Waals surface area contributed by atoms with Gasteiger partial charge in [0.2, 0.25) is 0 Å². The molecule has 3 aromatic rings. The number of rotatable bonds is 9. The largest absolute Gasteiger partial charge is 0.496 e. The third kappa shape index (κ3) is 4.95. The first-order valence-corrected chi connectivity index (χ1v) is 8.68. The predicted molar refractivity (Wildman–Crippen MR) is 104 cm³/mol. The Kier molecular flexibility index (Phi) is 6.33. The average Bonchev–Trinajstić information content (AvgIpc) is 3.20. The van der Waals surface area contributed by atoms with Crippen LogP contribution < -0.4 is 9.47 Å². The van der Waals surface area contributed by atoms with Crippen molar-refractivity contribution in [3.05, 3.63) is 75.6 Å². The van der Waals surface area contributed by atoms with Crippen molar-refractivity contribution in [3.63, 3.8) is 0 Å². The molecule has 0 unspecified atom stereocenters. The van der Waals surface area contributed by atoms with E-state index >= 15 is 0 Å². The monoisotopic (exact) mass is 411 g/mol. The van der Waals surface area contributed by atoms with Crippen LogP contribution >= 0.6 is 0 Å². The van der Waals surface area contributed by atoms with Crippen LogP contribution in [0.2, 0.25) is 0 Å². The summed E-state index contributed by atoms with van der Waals surface area (Å²) >= 11 is 0. The highest BCUT2D eigenvalue weighted by Gasteiger charge is 2.14. The Hall–Kier alpha value is -4.28. The van der Waals surface area contributed by atoms with Crippen molar-refractivity contribution in [2.75, 3.05) is 13.7 Å². The summed E-state index contributed by atoms with van der Waals surface area (Å²) in [5.41, 5.74) is 1.46. The molecule has 0 aliphatic heterocycles. The Bertz CT molecular complexity index is 1080. The first-order valence-electron chi connectivity index (χ1n) is 8.68. The van der Waals surface area contributed by atoms with Gasteiger partial charge in [0.25, 0.3) is 11.5 Å². The van der Waals surface area contributed by atoms with Gasteiger partial charge in [0.05, 0.1) is 24.6 Å². The number of tetrazole rings is 1. The summed E-state index contributed by atoms with van der Waals surface area (Å²) in [6.45, 7) is 0.490. The van der Waals surface area contributed by atoms with Crippen molar-refractivity contribution in [3.8, 4) is 11.5 Å². The van der Waals surface area contributed by atoms with Crippen LogP contribution in [0.25, 0.3) is 6.08 Å². The maximum atomic E-state index is 11.0. The minimum atomic E-state index is -1.20. The van der Waals surface area contributed by atoms with Gasteiger partial charge in [-0.25, -0.2) is 9.48 Å². The number of aromatic carboxylic acids is 1. The molecule has 0 fully saturated rings. The SMILES string of the molecule is COc1cc([N+](=O)[O-])ccc1/C=C/COc1ccc(Cn2nnnc2C(=O)O)cc1. The number of benzene rings is 2. The topological polar surface area (TPSA) is 142 Å². The predicted octanol–water partition coefficient (Wildman–Crippen LogP) is 2.43. The number of carbonyl (C=O) groups is 1. The second-order valence-electron chi connectivity index (χ2n) is 6.01. The smallest absolute Gasteiger partial charge is 0.375 e. The van der Waals surface area contributed by atoms with Gasteiger partial charge in [0.1, 0.15) is 18.1 Å². The molecule has 0 spiro atoms. The zero-order valence-electron chi connectivity index (χ0n) is 15.8. The number of non-ortho nitro benzene ring substituents is 1. The minimum Gasteiger partial charge on any atom is -0.496 e. The van der Waals surface area contributed by atoms with E-state index in [1.54, 1.807) is 42.5 Å². The standard InChI is InChI=1S/C19H17N5O6/c1-29-17-11-15(24(27)28)7-6-14(17)3-2-10-30-16-8-4-13(5-9-16)12-23-18(19(25)26)20-21-22-23/h2-9,11H,10,12H2,1H3,(H,25,26)/b3-2+. The van der Waals surface area contributed by atoms with E-state index in [-0.39, 0.29) is 24.7 Å². The molecule has 1 heterocycles. The summed E-state index contributed by atoms with van der Waals surface area (Å²) < 4.78 is 12.0. The van der Waals surface area contributed by atoms with Crippen LogP contribution in [0.3, 0.4) is 0 Å². The summed E-state index contributed by atoms with van der Waals surface area (Å²) in [5.74, 6) is -0.416. The number of nitro benzene ring substituents is 1. The lowest BCUT2D eigenvalue weighted by atomic mass is 10.1. The molecule has 0 amide bonds. The number of nitro groups is 1. The third-order valence-electron chi connectivity index (χ3n) is 4.05. The van der Waals surface area contributed by atoms with Gasteiger partial charge in [0.15, 0.2) is 0 Å². The van der Waals surface area contributed by atoms with E-state index in [2.05, 4.69) is 15.5 Å². The molecule has 3 rings (SSSR count). The maximum absolute atomic E-state index is 11.0.